The Morgan fingerprint density at radius 2 is 1.73 bits per heavy atom. The third-order valence-electron chi connectivity index (χ3n) is 3.40. The molecule has 0 saturated heterocycles. The number of rotatable bonds is 3. The van der Waals surface area contributed by atoms with Crippen molar-refractivity contribution in [1.29, 1.82) is 0 Å². The average molecular weight is 358 g/mol. The molecule has 2 aromatic rings. The Hall–Kier alpha value is -2.83. The summed E-state index contributed by atoms with van der Waals surface area (Å²) in [5.41, 5.74) is 1.12. The molecule has 1 aromatic carbocycles. The summed E-state index contributed by atoms with van der Waals surface area (Å²) in [6.07, 6.45) is -0.572. The molecule has 0 aliphatic rings. The van der Waals surface area contributed by atoms with Crippen LogP contribution in [-0.4, -0.2) is 27.8 Å². The molecule has 0 aliphatic carbocycles. The fraction of sp³-hybridized carbons (Fsp3) is 0.421. The van der Waals surface area contributed by atoms with Crippen molar-refractivity contribution in [3.05, 3.63) is 41.6 Å². The largest absolute Gasteiger partial charge is 0.444 e. The number of ether oxygens (including phenoxy) is 1. The highest BCUT2D eigenvalue weighted by Gasteiger charge is 2.19. The number of hydrogen-bond donors (Lipinski definition) is 3. The van der Waals surface area contributed by atoms with Crippen molar-refractivity contribution >= 4 is 23.5 Å². The van der Waals surface area contributed by atoms with Gasteiger partial charge in [0, 0.05) is 28.4 Å². The molecule has 7 nitrogen and oxygen atoms in total. The lowest BCUT2D eigenvalue weighted by atomic mass is 9.92. The number of H-pyrrole nitrogens is 1. The lowest BCUT2D eigenvalue weighted by Crippen LogP contribution is -2.27. The van der Waals surface area contributed by atoms with Gasteiger partial charge in [-0.25, -0.2) is 4.79 Å². The van der Waals surface area contributed by atoms with Gasteiger partial charge in [0.15, 0.2) is 5.82 Å². The van der Waals surface area contributed by atoms with Crippen molar-refractivity contribution in [3.8, 4) is 0 Å². The minimum absolute atomic E-state index is 0.0900. The number of benzene rings is 1. The van der Waals surface area contributed by atoms with Crippen LogP contribution in [-0.2, 0) is 10.2 Å². The van der Waals surface area contributed by atoms with Gasteiger partial charge in [0.2, 0.25) is 0 Å². The van der Waals surface area contributed by atoms with Crippen LogP contribution >= 0.6 is 0 Å². The summed E-state index contributed by atoms with van der Waals surface area (Å²) < 4.78 is 5.21. The second kappa shape index (κ2) is 7.19. The van der Waals surface area contributed by atoms with Crippen molar-refractivity contribution in [1.82, 2.24) is 10.2 Å². The van der Waals surface area contributed by atoms with Crippen LogP contribution in [0.2, 0.25) is 0 Å². The van der Waals surface area contributed by atoms with Crippen LogP contribution in [0.1, 0.15) is 57.6 Å². The van der Waals surface area contributed by atoms with E-state index < -0.39 is 11.7 Å². The van der Waals surface area contributed by atoms with Gasteiger partial charge in [-0.3, -0.25) is 15.2 Å². The summed E-state index contributed by atoms with van der Waals surface area (Å²) in [6.45, 7) is 11.5. The molecule has 0 fully saturated rings. The Kier molecular flexibility index (Phi) is 5.39. The molecule has 26 heavy (non-hydrogen) atoms. The number of aromatic nitrogens is 2. The first-order valence-corrected chi connectivity index (χ1v) is 8.41. The topological polar surface area (TPSA) is 96.1 Å². The normalized spacial score (nSPS) is 11.8. The van der Waals surface area contributed by atoms with E-state index in [-0.39, 0.29) is 11.3 Å². The number of nitrogens with zero attached hydrogens (tertiary/aromatic N) is 1. The maximum Gasteiger partial charge on any atom is 0.412 e. The predicted octanol–water partition coefficient (Wildman–Crippen LogP) is 4.31. The Balaban J connectivity index is 2.06. The summed E-state index contributed by atoms with van der Waals surface area (Å²) in [5.74, 6) is 0.134. The van der Waals surface area contributed by atoms with E-state index in [1.54, 1.807) is 51.1 Å². The monoisotopic (exact) mass is 358 g/mol. The number of hydrogen-bond acceptors (Lipinski definition) is 4. The van der Waals surface area contributed by atoms with E-state index >= 15 is 0 Å². The Bertz CT molecular complexity index is 798. The molecule has 1 aromatic heterocycles. The number of nitrogens with one attached hydrogen (secondary N) is 3. The molecule has 2 rings (SSSR count). The van der Waals surface area contributed by atoms with Crippen molar-refractivity contribution in [3.63, 3.8) is 0 Å². The fourth-order valence-electron chi connectivity index (χ4n) is 2.12. The van der Waals surface area contributed by atoms with Crippen LogP contribution in [0.15, 0.2) is 30.3 Å². The molecular formula is C19H26N4O3. The Morgan fingerprint density at radius 1 is 1.04 bits per heavy atom. The zero-order valence-corrected chi connectivity index (χ0v) is 16.1. The van der Waals surface area contributed by atoms with Gasteiger partial charge >= 0.3 is 6.09 Å². The van der Waals surface area contributed by atoms with Crippen molar-refractivity contribution < 1.29 is 14.3 Å². The van der Waals surface area contributed by atoms with Crippen LogP contribution in [0.25, 0.3) is 0 Å². The minimum Gasteiger partial charge on any atom is -0.444 e. The summed E-state index contributed by atoms with van der Waals surface area (Å²) in [4.78, 5) is 24.3. The first-order chi connectivity index (χ1) is 11.9. The van der Waals surface area contributed by atoms with Crippen LogP contribution in [0.5, 0.6) is 0 Å². The number of carbonyl (C=O) groups excluding carboxylic acids is 2. The minimum atomic E-state index is -0.593. The van der Waals surface area contributed by atoms with Gasteiger partial charge in [-0.2, -0.15) is 5.10 Å². The third kappa shape index (κ3) is 5.61. The van der Waals surface area contributed by atoms with E-state index in [1.165, 1.54) is 0 Å². The molecule has 0 atom stereocenters. The SMILES string of the molecule is CC(C)(C)OC(=O)Nc1cccc(C(=O)Nc2cc(C(C)(C)C)[nH]n2)c1. The number of aromatic amines is 1. The van der Waals surface area contributed by atoms with Gasteiger partial charge in [0.25, 0.3) is 5.91 Å². The first-order valence-electron chi connectivity index (χ1n) is 8.41. The van der Waals surface area contributed by atoms with Crippen LogP contribution < -0.4 is 10.6 Å². The van der Waals surface area contributed by atoms with E-state index in [4.69, 9.17) is 4.74 Å². The van der Waals surface area contributed by atoms with Gasteiger partial charge < -0.3 is 10.1 Å². The predicted molar refractivity (Wildman–Crippen MR) is 102 cm³/mol. The van der Waals surface area contributed by atoms with E-state index in [0.29, 0.717) is 17.1 Å². The van der Waals surface area contributed by atoms with Gasteiger partial charge in [0.05, 0.1) is 0 Å². The molecule has 140 valence electrons. The van der Waals surface area contributed by atoms with Gasteiger partial charge in [0.1, 0.15) is 5.60 Å². The van der Waals surface area contributed by atoms with Crippen molar-refractivity contribution in [2.24, 2.45) is 0 Å². The molecule has 0 bridgehead atoms. The standard InChI is InChI=1S/C19H26N4O3/c1-18(2,3)14-11-15(23-22-14)21-16(24)12-8-7-9-13(10-12)20-17(25)26-19(4,5)6/h7-11H,1-6H3,(H,20,25)(H2,21,22,23,24). The number of carbonyl (C=O) groups is 2. The highest BCUT2D eigenvalue weighted by Crippen LogP contribution is 2.22. The number of anilines is 2. The van der Waals surface area contributed by atoms with Crippen LogP contribution in [0.4, 0.5) is 16.3 Å². The summed E-state index contributed by atoms with van der Waals surface area (Å²) in [6, 6.07) is 8.42. The molecule has 0 radical (unpaired) electrons. The van der Waals surface area contributed by atoms with Crippen LogP contribution in [0.3, 0.4) is 0 Å². The Morgan fingerprint density at radius 3 is 2.31 bits per heavy atom. The Labute approximate surface area is 153 Å². The molecular weight excluding hydrogens is 332 g/mol. The highest BCUT2D eigenvalue weighted by atomic mass is 16.6. The molecule has 7 heteroatoms. The van der Waals surface area contributed by atoms with Gasteiger partial charge in [-0.05, 0) is 39.0 Å². The lowest BCUT2D eigenvalue weighted by molar-refractivity contribution is 0.0635. The quantitative estimate of drug-likeness (QED) is 0.762. The van der Waals surface area contributed by atoms with E-state index in [2.05, 4.69) is 41.6 Å². The first kappa shape index (κ1) is 19.5. The summed E-state index contributed by atoms with van der Waals surface area (Å²) in [7, 11) is 0. The van der Waals surface area contributed by atoms with E-state index in [9.17, 15) is 9.59 Å². The van der Waals surface area contributed by atoms with Crippen LogP contribution in [0, 0.1) is 0 Å². The summed E-state index contributed by atoms with van der Waals surface area (Å²) >= 11 is 0. The smallest absolute Gasteiger partial charge is 0.412 e. The van der Waals surface area contributed by atoms with Crippen molar-refractivity contribution in [2.75, 3.05) is 10.6 Å². The molecule has 0 saturated carbocycles. The maximum atomic E-state index is 12.4. The third-order valence-corrected chi connectivity index (χ3v) is 3.40. The zero-order chi connectivity index (χ0) is 19.5. The average Bonchev–Trinajstić information content (AvgIpc) is 2.94. The van der Waals surface area contributed by atoms with Gasteiger partial charge in [-0.15, -0.1) is 0 Å². The molecule has 0 unspecified atom stereocenters. The zero-order valence-electron chi connectivity index (χ0n) is 16.1. The molecule has 1 heterocycles. The van der Waals surface area contributed by atoms with Gasteiger partial charge in [-0.1, -0.05) is 26.8 Å². The maximum absolute atomic E-state index is 12.4. The molecule has 2 amide bonds. The highest BCUT2D eigenvalue weighted by molar-refractivity contribution is 6.04. The second-order valence-corrected chi connectivity index (χ2v) is 8.08. The van der Waals surface area contributed by atoms with Crippen molar-refractivity contribution in [2.45, 2.75) is 52.6 Å². The van der Waals surface area contributed by atoms with E-state index in [0.717, 1.165) is 5.69 Å². The number of amides is 2. The lowest BCUT2D eigenvalue weighted by Gasteiger charge is -2.19. The molecule has 3 N–H and O–H groups in total. The molecule has 0 spiro atoms. The second-order valence-electron chi connectivity index (χ2n) is 8.08. The fourth-order valence-corrected chi connectivity index (χ4v) is 2.12. The summed E-state index contributed by atoms with van der Waals surface area (Å²) in [5, 5.41) is 12.4. The van der Waals surface area contributed by atoms with E-state index in [1.807, 2.05) is 0 Å². The molecule has 0 aliphatic heterocycles.